The second-order valence-electron chi connectivity index (χ2n) is 9.61. The summed E-state index contributed by atoms with van der Waals surface area (Å²) >= 11 is 6.42. The van der Waals surface area contributed by atoms with Crippen LogP contribution < -0.4 is 25.1 Å². The van der Waals surface area contributed by atoms with E-state index in [9.17, 15) is 4.79 Å². The zero-order valence-corrected chi connectivity index (χ0v) is 22.2. The standard InChI is InChI=1S/C28H31ClN4O4/c1-16-6-5-7-19-23(37-30)13-22-27(26(16)19)18(14-29)15-33(22)28(34)21-10-17-11-25(36-9-8-32(2)3)24(35-4)12-20(17)31-21/h5-7,10-13,18,31H,8-9,14-15,30H2,1-4H3/t18-/m1/s1. The maximum Gasteiger partial charge on any atom is 0.274 e. The Hall–Kier alpha value is -3.46. The van der Waals surface area contributed by atoms with Crippen molar-refractivity contribution in [3.8, 4) is 17.2 Å². The van der Waals surface area contributed by atoms with Crippen LogP contribution in [0.3, 0.4) is 0 Å². The average molecular weight is 523 g/mol. The van der Waals surface area contributed by atoms with Crippen molar-refractivity contribution in [3.63, 3.8) is 0 Å². The number of carbonyl (C=O) groups excluding carboxylic acids is 1. The number of halogens is 1. The molecule has 4 aromatic rings. The lowest BCUT2D eigenvalue weighted by Crippen LogP contribution is -2.30. The number of amides is 1. The molecule has 2 heterocycles. The van der Waals surface area contributed by atoms with E-state index in [0.717, 1.165) is 45.0 Å². The fourth-order valence-corrected chi connectivity index (χ4v) is 5.36. The number of ether oxygens (including phenoxy) is 2. The van der Waals surface area contributed by atoms with Gasteiger partial charge in [0.05, 0.1) is 12.8 Å². The summed E-state index contributed by atoms with van der Waals surface area (Å²) in [6.45, 7) is 3.81. The van der Waals surface area contributed by atoms with Crippen LogP contribution in [-0.4, -0.2) is 62.6 Å². The number of aromatic amines is 1. The quantitative estimate of drug-likeness (QED) is 0.255. The Morgan fingerprint density at radius 2 is 2.00 bits per heavy atom. The van der Waals surface area contributed by atoms with E-state index >= 15 is 0 Å². The van der Waals surface area contributed by atoms with E-state index < -0.39 is 0 Å². The number of aryl methyl sites for hydroxylation is 1. The normalized spacial score (nSPS) is 15.0. The lowest BCUT2D eigenvalue weighted by Gasteiger charge is -2.18. The Morgan fingerprint density at radius 3 is 2.70 bits per heavy atom. The van der Waals surface area contributed by atoms with Crippen LogP contribution >= 0.6 is 11.6 Å². The van der Waals surface area contributed by atoms with Gasteiger partial charge in [-0.2, -0.15) is 5.90 Å². The first-order valence-corrected chi connectivity index (χ1v) is 12.7. The minimum absolute atomic E-state index is 0.0165. The van der Waals surface area contributed by atoms with Gasteiger partial charge in [0.25, 0.3) is 5.91 Å². The third-order valence-electron chi connectivity index (χ3n) is 6.94. The van der Waals surface area contributed by atoms with Crippen LogP contribution in [0.5, 0.6) is 17.2 Å². The highest BCUT2D eigenvalue weighted by molar-refractivity contribution is 6.19. The molecule has 1 aliphatic rings. The number of aromatic nitrogens is 1. The number of hydrogen-bond acceptors (Lipinski definition) is 6. The van der Waals surface area contributed by atoms with Crippen molar-refractivity contribution in [2.45, 2.75) is 12.8 Å². The van der Waals surface area contributed by atoms with Gasteiger partial charge >= 0.3 is 0 Å². The van der Waals surface area contributed by atoms with Crippen molar-refractivity contribution in [3.05, 3.63) is 59.3 Å². The van der Waals surface area contributed by atoms with E-state index in [1.807, 2.05) is 68.4 Å². The first-order valence-electron chi connectivity index (χ1n) is 12.1. The van der Waals surface area contributed by atoms with Crippen molar-refractivity contribution in [1.82, 2.24) is 9.88 Å². The lowest BCUT2D eigenvalue weighted by atomic mass is 9.92. The van der Waals surface area contributed by atoms with E-state index in [2.05, 4.69) is 4.98 Å². The molecule has 0 aliphatic carbocycles. The largest absolute Gasteiger partial charge is 0.493 e. The summed E-state index contributed by atoms with van der Waals surface area (Å²) in [5.41, 5.74) is 4.14. The Kier molecular flexibility index (Phi) is 6.90. The van der Waals surface area contributed by atoms with Crippen molar-refractivity contribution < 1.29 is 19.1 Å². The maximum atomic E-state index is 13.9. The number of benzene rings is 3. The predicted molar refractivity (Wildman–Crippen MR) is 148 cm³/mol. The summed E-state index contributed by atoms with van der Waals surface area (Å²) in [5.74, 6) is 7.62. The summed E-state index contributed by atoms with van der Waals surface area (Å²) in [6, 6.07) is 13.4. The van der Waals surface area contributed by atoms with E-state index in [4.69, 9.17) is 31.8 Å². The monoisotopic (exact) mass is 522 g/mol. The molecule has 0 spiro atoms. The van der Waals surface area contributed by atoms with Gasteiger partial charge < -0.3 is 29.1 Å². The van der Waals surface area contributed by atoms with Gasteiger partial charge in [0, 0.05) is 53.3 Å². The Labute approximate surface area is 220 Å². The van der Waals surface area contributed by atoms with E-state index in [-0.39, 0.29) is 11.8 Å². The van der Waals surface area contributed by atoms with Crippen molar-refractivity contribution in [2.75, 3.05) is 51.7 Å². The molecule has 0 fully saturated rings. The van der Waals surface area contributed by atoms with Gasteiger partial charge in [-0.1, -0.05) is 18.2 Å². The van der Waals surface area contributed by atoms with Gasteiger partial charge in [-0.3, -0.25) is 4.79 Å². The zero-order chi connectivity index (χ0) is 26.3. The number of nitrogens with zero attached hydrogens (tertiary/aromatic N) is 2. The zero-order valence-electron chi connectivity index (χ0n) is 21.4. The Balaban J connectivity index is 1.55. The second-order valence-corrected chi connectivity index (χ2v) is 9.92. The molecule has 9 heteroatoms. The Bertz CT molecular complexity index is 1480. The molecule has 5 rings (SSSR count). The summed E-state index contributed by atoms with van der Waals surface area (Å²) < 4.78 is 11.5. The van der Waals surface area contributed by atoms with Gasteiger partial charge in [0.2, 0.25) is 0 Å². The summed E-state index contributed by atoms with van der Waals surface area (Å²) in [6.07, 6.45) is 0. The molecule has 0 saturated carbocycles. The highest BCUT2D eigenvalue weighted by Crippen LogP contribution is 2.47. The first-order chi connectivity index (χ1) is 17.9. The second kappa shape index (κ2) is 10.1. The number of fused-ring (bicyclic) bond motifs is 4. The smallest absolute Gasteiger partial charge is 0.274 e. The van der Waals surface area contributed by atoms with Crippen LogP contribution in [0.1, 0.15) is 27.5 Å². The number of methoxy groups -OCH3 is 1. The number of carbonyl (C=O) groups is 1. The van der Waals surface area contributed by atoms with Crippen LogP contribution in [0.2, 0.25) is 0 Å². The molecular formula is C28H31ClN4O4. The third kappa shape index (κ3) is 4.45. The van der Waals surface area contributed by atoms with Crippen LogP contribution in [-0.2, 0) is 0 Å². The van der Waals surface area contributed by atoms with E-state index in [0.29, 0.717) is 42.0 Å². The molecule has 3 aromatic carbocycles. The molecule has 1 atom stereocenters. The van der Waals surface area contributed by atoms with Crippen molar-refractivity contribution in [1.29, 1.82) is 0 Å². The van der Waals surface area contributed by atoms with E-state index in [1.165, 1.54) is 0 Å². The number of anilines is 1. The molecule has 37 heavy (non-hydrogen) atoms. The number of rotatable bonds is 8. The van der Waals surface area contributed by atoms with Crippen molar-refractivity contribution >= 4 is 44.9 Å². The van der Waals surface area contributed by atoms with Gasteiger partial charge in [0.1, 0.15) is 12.3 Å². The predicted octanol–water partition coefficient (Wildman–Crippen LogP) is 4.81. The number of nitrogens with two attached hydrogens (primary N) is 1. The molecule has 0 radical (unpaired) electrons. The molecule has 0 bridgehead atoms. The number of nitrogens with one attached hydrogen (secondary N) is 1. The minimum atomic E-state index is -0.157. The van der Waals surface area contributed by atoms with Gasteiger partial charge in [0.15, 0.2) is 17.2 Å². The average Bonchev–Trinajstić information content (AvgIpc) is 3.48. The molecule has 1 aliphatic heterocycles. The van der Waals surface area contributed by atoms with Gasteiger partial charge in [-0.25, -0.2) is 0 Å². The summed E-state index contributed by atoms with van der Waals surface area (Å²) in [7, 11) is 5.59. The van der Waals surface area contributed by atoms with E-state index in [1.54, 1.807) is 12.0 Å². The number of likely N-dealkylation sites (N-methyl/N-ethyl adjacent to an activating group) is 1. The molecule has 0 unspecified atom stereocenters. The fourth-order valence-electron chi connectivity index (χ4n) is 5.11. The van der Waals surface area contributed by atoms with Crippen LogP contribution in [0.25, 0.3) is 21.7 Å². The summed E-state index contributed by atoms with van der Waals surface area (Å²) in [5, 5.41) is 2.80. The highest BCUT2D eigenvalue weighted by Gasteiger charge is 2.36. The molecule has 0 saturated heterocycles. The molecule has 8 nitrogen and oxygen atoms in total. The molecule has 1 amide bonds. The van der Waals surface area contributed by atoms with Crippen LogP contribution in [0.15, 0.2) is 42.5 Å². The SMILES string of the molecule is COc1cc2[nH]c(C(=O)N3C[C@@H](CCl)c4c3cc(ON)c3cccc(C)c43)cc2cc1OCCN(C)C. The lowest BCUT2D eigenvalue weighted by molar-refractivity contribution is 0.0984. The van der Waals surface area contributed by atoms with Gasteiger partial charge in [-0.15, -0.1) is 11.6 Å². The highest BCUT2D eigenvalue weighted by atomic mass is 35.5. The topological polar surface area (TPSA) is 93.0 Å². The fraction of sp³-hybridized carbons (Fsp3) is 0.321. The molecular weight excluding hydrogens is 492 g/mol. The van der Waals surface area contributed by atoms with Crippen molar-refractivity contribution in [2.24, 2.45) is 5.90 Å². The minimum Gasteiger partial charge on any atom is -0.493 e. The molecule has 3 N–H and O–H groups in total. The number of alkyl halides is 1. The van der Waals surface area contributed by atoms with Gasteiger partial charge in [-0.05, 0) is 49.7 Å². The van der Waals surface area contributed by atoms with Crippen LogP contribution in [0, 0.1) is 6.92 Å². The number of hydrogen-bond donors (Lipinski definition) is 2. The first kappa shape index (κ1) is 25.2. The third-order valence-corrected chi connectivity index (χ3v) is 7.32. The number of H-pyrrole nitrogens is 1. The summed E-state index contributed by atoms with van der Waals surface area (Å²) in [4.78, 5) is 26.2. The maximum absolute atomic E-state index is 13.9. The molecule has 194 valence electrons. The molecule has 1 aromatic heterocycles. The van der Waals surface area contributed by atoms with Crippen LogP contribution in [0.4, 0.5) is 5.69 Å². The Morgan fingerprint density at radius 1 is 1.19 bits per heavy atom.